The summed E-state index contributed by atoms with van der Waals surface area (Å²) in [5, 5.41) is 5.73. The van der Waals surface area contributed by atoms with E-state index in [1.54, 1.807) is 50.7 Å². The Labute approximate surface area is 123 Å². The number of carbonyl (C=O) groups excluding carboxylic acids is 1. The maximum atomic E-state index is 12.3. The predicted octanol–water partition coefficient (Wildman–Crippen LogP) is 2.39. The molecule has 0 spiro atoms. The second-order valence-electron chi connectivity index (χ2n) is 4.20. The highest BCUT2D eigenvalue weighted by Gasteiger charge is 2.12. The first-order valence-corrected chi connectivity index (χ1v) is 6.35. The van der Waals surface area contributed by atoms with E-state index in [0.29, 0.717) is 22.9 Å². The smallest absolute Gasteiger partial charge is 0.274 e. The zero-order valence-electron chi connectivity index (χ0n) is 12.1. The van der Waals surface area contributed by atoms with E-state index in [1.165, 1.54) is 7.11 Å². The van der Waals surface area contributed by atoms with Crippen LogP contribution < -0.4 is 20.1 Å². The Morgan fingerprint density at radius 1 is 1.14 bits per heavy atom. The van der Waals surface area contributed by atoms with Crippen LogP contribution in [0.5, 0.6) is 11.5 Å². The van der Waals surface area contributed by atoms with Crippen molar-refractivity contribution in [3.63, 3.8) is 0 Å². The molecule has 1 aromatic carbocycles. The SMILES string of the molecule is CNc1ccnc(C(=O)Nc2cc(OC)ccc2OC)c1. The molecule has 2 N–H and O–H groups in total. The van der Waals surface area contributed by atoms with Gasteiger partial charge in [0.05, 0.1) is 19.9 Å². The molecule has 0 aliphatic rings. The maximum Gasteiger partial charge on any atom is 0.274 e. The molecule has 0 bridgehead atoms. The Morgan fingerprint density at radius 3 is 2.62 bits per heavy atom. The van der Waals surface area contributed by atoms with E-state index in [0.717, 1.165) is 5.69 Å². The Kier molecular flexibility index (Phi) is 4.61. The first-order valence-electron chi connectivity index (χ1n) is 6.35. The van der Waals surface area contributed by atoms with Crippen molar-refractivity contribution < 1.29 is 14.3 Å². The third-order valence-electron chi connectivity index (χ3n) is 2.94. The Hall–Kier alpha value is -2.76. The molecular formula is C15H17N3O3. The second-order valence-corrected chi connectivity index (χ2v) is 4.20. The molecule has 2 rings (SSSR count). The first kappa shape index (κ1) is 14.6. The molecule has 0 saturated heterocycles. The fraction of sp³-hybridized carbons (Fsp3) is 0.200. The van der Waals surface area contributed by atoms with Crippen molar-refractivity contribution in [2.24, 2.45) is 0 Å². The van der Waals surface area contributed by atoms with Crippen molar-refractivity contribution in [2.75, 3.05) is 31.9 Å². The number of hydrogen-bond acceptors (Lipinski definition) is 5. The number of rotatable bonds is 5. The number of methoxy groups -OCH3 is 2. The molecule has 1 amide bonds. The van der Waals surface area contributed by atoms with Crippen molar-refractivity contribution >= 4 is 17.3 Å². The molecule has 110 valence electrons. The third-order valence-corrected chi connectivity index (χ3v) is 2.94. The van der Waals surface area contributed by atoms with Crippen LogP contribution in [0, 0.1) is 0 Å². The van der Waals surface area contributed by atoms with Gasteiger partial charge in [0.15, 0.2) is 0 Å². The molecule has 0 aliphatic carbocycles. The molecule has 0 saturated carbocycles. The van der Waals surface area contributed by atoms with Crippen LogP contribution in [0.25, 0.3) is 0 Å². The fourth-order valence-corrected chi connectivity index (χ4v) is 1.81. The standard InChI is InChI=1S/C15H17N3O3/c1-16-10-6-7-17-13(8-10)15(19)18-12-9-11(20-2)4-5-14(12)21-3/h4-9H,1-3H3,(H,16,17)(H,18,19). The van der Waals surface area contributed by atoms with Gasteiger partial charge in [-0.15, -0.1) is 0 Å². The molecule has 0 fully saturated rings. The summed E-state index contributed by atoms with van der Waals surface area (Å²) < 4.78 is 10.4. The minimum Gasteiger partial charge on any atom is -0.497 e. The number of pyridine rings is 1. The maximum absolute atomic E-state index is 12.3. The summed E-state index contributed by atoms with van der Waals surface area (Å²) in [5.41, 5.74) is 1.65. The van der Waals surface area contributed by atoms with Crippen LogP contribution >= 0.6 is 0 Å². The number of carbonyl (C=O) groups is 1. The van der Waals surface area contributed by atoms with Crippen LogP contribution in [-0.4, -0.2) is 32.2 Å². The molecule has 2 aromatic rings. The lowest BCUT2D eigenvalue weighted by Crippen LogP contribution is -2.14. The van der Waals surface area contributed by atoms with Gasteiger partial charge in [0.1, 0.15) is 17.2 Å². The van der Waals surface area contributed by atoms with Crippen LogP contribution in [0.4, 0.5) is 11.4 Å². The van der Waals surface area contributed by atoms with Crippen molar-refractivity contribution in [3.05, 3.63) is 42.2 Å². The number of anilines is 2. The summed E-state index contributed by atoms with van der Waals surface area (Å²) >= 11 is 0. The van der Waals surface area contributed by atoms with Gasteiger partial charge in [-0.3, -0.25) is 9.78 Å². The Bertz CT molecular complexity index is 644. The molecule has 6 nitrogen and oxygen atoms in total. The van der Waals surface area contributed by atoms with Gasteiger partial charge in [0.2, 0.25) is 0 Å². The quantitative estimate of drug-likeness (QED) is 0.883. The first-order chi connectivity index (χ1) is 10.2. The van der Waals surface area contributed by atoms with Crippen molar-refractivity contribution in [3.8, 4) is 11.5 Å². The molecule has 1 heterocycles. The molecule has 6 heteroatoms. The number of hydrogen-bond donors (Lipinski definition) is 2. The molecule has 0 atom stereocenters. The van der Waals surface area contributed by atoms with Crippen LogP contribution in [0.15, 0.2) is 36.5 Å². The molecule has 0 aliphatic heterocycles. The predicted molar refractivity (Wildman–Crippen MR) is 81.3 cm³/mol. The summed E-state index contributed by atoms with van der Waals surface area (Å²) in [7, 11) is 4.88. The van der Waals surface area contributed by atoms with Crippen molar-refractivity contribution in [1.82, 2.24) is 4.98 Å². The van der Waals surface area contributed by atoms with E-state index in [2.05, 4.69) is 15.6 Å². The summed E-state index contributed by atoms with van der Waals surface area (Å²) in [5.74, 6) is 0.857. The Morgan fingerprint density at radius 2 is 1.95 bits per heavy atom. The van der Waals surface area contributed by atoms with Crippen LogP contribution in [0.1, 0.15) is 10.5 Å². The average Bonchev–Trinajstić information content (AvgIpc) is 2.54. The average molecular weight is 287 g/mol. The second kappa shape index (κ2) is 6.60. The van der Waals surface area contributed by atoms with E-state index in [-0.39, 0.29) is 5.91 Å². The summed E-state index contributed by atoms with van der Waals surface area (Å²) in [6, 6.07) is 8.63. The molecule has 0 radical (unpaired) electrons. The number of aromatic nitrogens is 1. The normalized spacial score (nSPS) is 9.86. The van der Waals surface area contributed by atoms with E-state index in [1.807, 2.05) is 0 Å². The largest absolute Gasteiger partial charge is 0.497 e. The zero-order valence-corrected chi connectivity index (χ0v) is 12.1. The molecule has 0 unspecified atom stereocenters. The van der Waals surface area contributed by atoms with Crippen LogP contribution in [0.2, 0.25) is 0 Å². The lowest BCUT2D eigenvalue weighted by Gasteiger charge is -2.11. The van der Waals surface area contributed by atoms with E-state index in [4.69, 9.17) is 9.47 Å². The highest BCUT2D eigenvalue weighted by molar-refractivity contribution is 6.04. The lowest BCUT2D eigenvalue weighted by atomic mass is 10.2. The fourth-order valence-electron chi connectivity index (χ4n) is 1.81. The van der Waals surface area contributed by atoms with E-state index < -0.39 is 0 Å². The number of amides is 1. The van der Waals surface area contributed by atoms with Gasteiger partial charge in [-0.25, -0.2) is 0 Å². The number of nitrogens with one attached hydrogen (secondary N) is 2. The van der Waals surface area contributed by atoms with Crippen LogP contribution in [0.3, 0.4) is 0 Å². The minimum atomic E-state index is -0.321. The lowest BCUT2D eigenvalue weighted by molar-refractivity contribution is 0.102. The van der Waals surface area contributed by atoms with Crippen LogP contribution in [-0.2, 0) is 0 Å². The van der Waals surface area contributed by atoms with E-state index in [9.17, 15) is 4.79 Å². The monoisotopic (exact) mass is 287 g/mol. The minimum absolute atomic E-state index is 0.312. The molecule has 1 aromatic heterocycles. The van der Waals surface area contributed by atoms with Crippen molar-refractivity contribution in [2.45, 2.75) is 0 Å². The summed E-state index contributed by atoms with van der Waals surface area (Å²) in [6.07, 6.45) is 1.57. The van der Waals surface area contributed by atoms with Gasteiger partial charge in [0.25, 0.3) is 5.91 Å². The van der Waals surface area contributed by atoms with E-state index >= 15 is 0 Å². The van der Waals surface area contributed by atoms with Gasteiger partial charge in [0, 0.05) is 25.0 Å². The third kappa shape index (κ3) is 3.42. The number of nitrogens with zero attached hydrogens (tertiary/aromatic N) is 1. The van der Waals surface area contributed by atoms with Crippen molar-refractivity contribution in [1.29, 1.82) is 0 Å². The van der Waals surface area contributed by atoms with Gasteiger partial charge < -0.3 is 20.1 Å². The van der Waals surface area contributed by atoms with Gasteiger partial charge in [-0.2, -0.15) is 0 Å². The zero-order chi connectivity index (χ0) is 15.2. The van der Waals surface area contributed by atoms with Gasteiger partial charge >= 0.3 is 0 Å². The summed E-state index contributed by atoms with van der Waals surface area (Å²) in [6.45, 7) is 0. The highest BCUT2D eigenvalue weighted by Crippen LogP contribution is 2.29. The number of benzene rings is 1. The summed E-state index contributed by atoms with van der Waals surface area (Å²) in [4.78, 5) is 16.3. The topological polar surface area (TPSA) is 72.5 Å². The molecule has 21 heavy (non-hydrogen) atoms. The Balaban J connectivity index is 2.25. The van der Waals surface area contributed by atoms with Gasteiger partial charge in [-0.05, 0) is 24.3 Å². The number of ether oxygens (including phenoxy) is 2. The highest BCUT2D eigenvalue weighted by atomic mass is 16.5. The molecular weight excluding hydrogens is 270 g/mol. The van der Waals surface area contributed by atoms with Gasteiger partial charge in [-0.1, -0.05) is 0 Å².